The maximum atomic E-state index is 13.3. The summed E-state index contributed by atoms with van der Waals surface area (Å²) in [4.78, 5) is 49.1. The maximum absolute atomic E-state index is 13.3. The number of rotatable bonds is 22. The third-order valence-electron chi connectivity index (χ3n) is 9.14. The molecule has 1 fully saturated rings. The van der Waals surface area contributed by atoms with Crippen molar-refractivity contribution in [2.24, 2.45) is 22.7 Å². The summed E-state index contributed by atoms with van der Waals surface area (Å²) in [7, 11) is 0. The van der Waals surface area contributed by atoms with E-state index in [1.54, 1.807) is 6.92 Å². The van der Waals surface area contributed by atoms with Crippen LogP contribution in [0.1, 0.15) is 143 Å². The molecule has 1 aliphatic rings. The Kier molecular flexibility index (Phi) is 15.7. The molecule has 0 radical (unpaired) electrons. The van der Waals surface area contributed by atoms with E-state index in [0.717, 1.165) is 25.7 Å². The molecule has 0 saturated heterocycles. The predicted molar refractivity (Wildman–Crippen MR) is 152 cm³/mol. The highest BCUT2D eigenvalue weighted by Crippen LogP contribution is 2.57. The minimum atomic E-state index is -1.18. The van der Waals surface area contributed by atoms with Crippen molar-refractivity contribution in [3.63, 3.8) is 0 Å². The highest BCUT2D eigenvalue weighted by molar-refractivity contribution is 6.02. The van der Waals surface area contributed by atoms with Crippen LogP contribution in [0.2, 0.25) is 0 Å². The summed E-state index contributed by atoms with van der Waals surface area (Å²) in [6, 6.07) is 0. The molecule has 0 aliphatic heterocycles. The second kappa shape index (κ2) is 17.6. The number of unbranched alkanes of at least 4 members (excludes halogenated alkanes) is 12. The van der Waals surface area contributed by atoms with Crippen molar-refractivity contribution in [3.8, 4) is 0 Å². The summed E-state index contributed by atoms with van der Waals surface area (Å²) in [6.45, 7) is 7.59. The number of ketones is 2. The zero-order valence-electron chi connectivity index (χ0n) is 24.6. The zero-order chi connectivity index (χ0) is 28.6. The Bertz CT molecular complexity index is 783. The van der Waals surface area contributed by atoms with Gasteiger partial charge in [-0.25, -0.2) is 0 Å². The molecule has 38 heavy (non-hydrogen) atoms. The summed E-state index contributed by atoms with van der Waals surface area (Å²) in [5.74, 6) is -4.57. The van der Waals surface area contributed by atoms with Crippen molar-refractivity contribution < 1.29 is 29.4 Å². The molecule has 6 nitrogen and oxygen atoms in total. The largest absolute Gasteiger partial charge is 0.481 e. The Hall–Kier alpha value is -1.98. The lowest BCUT2D eigenvalue weighted by atomic mass is 9.61. The quantitative estimate of drug-likeness (QED) is 0.0823. The Morgan fingerprint density at radius 3 is 1.79 bits per heavy atom. The van der Waals surface area contributed by atoms with Gasteiger partial charge in [-0.15, -0.1) is 0 Å². The van der Waals surface area contributed by atoms with Gasteiger partial charge in [0.05, 0.1) is 0 Å². The van der Waals surface area contributed by atoms with Crippen molar-refractivity contribution in [2.75, 3.05) is 0 Å². The van der Waals surface area contributed by atoms with Crippen molar-refractivity contribution in [3.05, 3.63) is 12.2 Å². The first-order valence-electron chi connectivity index (χ1n) is 15.2. The Morgan fingerprint density at radius 1 is 0.789 bits per heavy atom. The van der Waals surface area contributed by atoms with E-state index >= 15 is 0 Å². The van der Waals surface area contributed by atoms with Crippen LogP contribution in [0.4, 0.5) is 0 Å². The van der Waals surface area contributed by atoms with E-state index in [1.165, 1.54) is 57.8 Å². The fourth-order valence-corrected chi connectivity index (χ4v) is 6.06. The average Bonchev–Trinajstić information content (AvgIpc) is 3.09. The number of carbonyl (C=O) groups excluding carboxylic acids is 2. The third kappa shape index (κ3) is 10.6. The molecule has 6 heteroatoms. The van der Waals surface area contributed by atoms with Crippen LogP contribution in [-0.4, -0.2) is 33.7 Å². The molecule has 0 amide bonds. The van der Waals surface area contributed by atoms with Gasteiger partial charge in [0, 0.05) is 11.3 Å². The van der Waals surface area contributed by atoms with Crippen LogP contribution in [0, 0.1) is 22.7 Å². The molecule has 2 N–H and O–H groups in total. The number of allylic oxidation sites excluding steroid dienone is 2. The first-order valence-corrected chi connectivity index (χ1v) is 15.2. The van der Waals surface area contributed by atoms with Crippen molar-refractivity contribution in [1.29, 1.82) is 0 Å². The summed E-state index contributed by atoms with van der Waals surface area (Å²) < 4.78 is 0. The van der Waals surface area contributed by atoms with Crippen LogP contribution >= 0.6 is 0 Å². The van der Waals surface area contributed by atoms with Gasteiger partial charge in [0.1, 0.15) is 18.1 Å². The van der Waals surface area contributed by atoms with E-state index in [2.05, 4.69) is 19.1 Å². The summed E-state index contributed by atoms with van der Waals surface area (Å²) >= 11 is 0. The lowest BCUT2D eigenvalue weighted by Gasteiger charge is -2.40. The molecule has 1 rings (SSSR count). The van der Waals surface area contributed by atoms with E-state index in [1.807, 2.05) is 13.8 Å². The predicted octanol–water partition coefficient (Wildman–Crippen LogP) is 8.17. The zero-order valence-corrected chi connectivity index (χ0v) is 24.6. The number of hydrogen-bond acceptors (Lipinski definition) is 4. The lowest BCUT2D eigenvalue weighted by molar-refractivity contribution is -0.149. The van der Waals surface area contributed by atoms with Crippen molar-refractivity contribution in [1.82, 2.24) is 0 Å². The summed E-state index contributed by atoms with van der Waals surface area (Å²) in [5, 5.41) is 18.9. The fraction of sp³-hybridized carbons (Fsp3) is 0.812. The number of carboxylic acids is 2. The monoisotopic (exact) mass is 534 g/mol. The summed E-state index contributed by atoms with van der Waals surface area (Å²) in [5.41, 5.74) is -1.73. The molecule has 0 aromatic heterocycles. The van der Waals surface area contributed by atoms with Crippen LogP contribution in [0.25, 0.3) is 0 Å². The summed E-state index contributed by atoms with van der Waals surface area (Å²) in [6.07, 6.45) is 21.6. The first kappa shape index (κ1) is 34.0. The Balaban J connectivity index is 2.33. The molecule has 0 bridgehead atoms. The molecule has 1 aliphatic carbocycles. The van der Waals surface area contributed by atoms with Gasteiger partial charge in [-0.05, 0) is 50.4 Å². The topological polar surface area (TPSA) is 109 Å². The molecule has 0 spiro atoms. The van der Waals surface area contributed by atoms with Gasteiger partial charge in [-0.1, -0.05) is 104 Å². The van der Waals surface area contributed by atoms with Crippen molar-refractivity contribution >= 4 is 23.5 Å². The Morgan fingerprint density at radius 2 is 1.29 bits per heavy atom. The van der Waals surface area contributed by atoms with Gasteiger partial charge in [-0.3, -0.25) is 19.2 Å². The smallest absolute Gasteiger partial charge is 0.314 e. The SMILES string of the molecule is CCCCCCCC/C=C\CCCCCCCCC(C(=O)O)C(=O)C1CCC(C)(C(=O)CC(=O)O)C1(C)C. The van der Waals surface area contributed by atoms with Crippen LogP contribution in [-0.2, 0) is 19.2 Å². The van der Waals surface area contributed by atoms with Crippen LogP contribution in [0.15, 0.2) is 12.2 Å². The van der Waals surface area contributed by atoms with Gasteiger partial charge < -0.3 is 10.2 Å². The Labute approximate surface area is 231 Å². The molecular formula is C32H54O6. The fourth-order valence-electron chi connectivity index (χ4n) is 6.06. The lowest BCUT2D eigenvalue weighted by Crippen LogP contribution is -2.45. The molecule has 1 saturated carbocycles. The van der Waals surface area contributed by atoms with Gasteiger partial charge >= 0.3 is 11.9 Å². The molecule has 3 atom stereocenters. The van der Waals surface area contributed by atoms with Gasteiger partial charge in [0.15, 0.2) is 5.78 Å². The standard InChI is InChI=1S/C32H54O6/c1-5-6-7-8-9-10-11-12-13-14-15-16-17-18-19-20-21-25(30(37)38)29(36)26-22-23-32(4,31(26,2)3)27(33)24-28(34)35/h12-13,25-26H,5-11,14-24H2,1-4H3,(H,34,35)(H,37,38)/b13-12-. The normalized spacial score (nSPS) is 21.5. The average molecular weight is 535 g/mol. The second-order valence-electron chi connectivity index (χ2n) is 12.2. The van der Waals surface area contributed by atoms with E-state index in [0.29, 0.717) is 25.7 Å². The molecule has 3 unspecified atom stereocenters. The molecular weight excluding hydrogens is 480 g/mol. The molecule has 0 aromatic rings. The molecule has 218 valence electrons. The van der Waals surface area contributed by atoms with E-state index in [9.17, 15) is 24.3 Å². The van der Waals surface area contributed by atoms with E-state index in [4.69, 9.17) is 5.11 Å². The van der Waals surface area contributed by atoms with Gasteiger partial charge in [0.2, 0.25) is 0 Å². The van der Waals surface area contributed by atoms with Gasteiger partial charge in [-0.2, -0.15) is 0 Å². The van der Waals surface area contributed by atoms with Crippen molar-refractivity contribution in [2.45, 2.75) is 143 Å². The third-order valence-corrected chi connectivity index (χ3v) is 9.14. The molecule has 0 heterocycles. The second-order valence-corrected chi connectivity index (χ2v) is 12.2. The highest BCUT2D eigenvalue weighted by Gasteiger charge is 2.58. The van der Waals surface area contributed by atoms with E-state index in [-0.39, 0.29) is 11.6 Å². The number of carboxylic acid groups (broad SMARTS) is 2. The van der Waals surface area contributed by atoms with Crippen LogP contribution in [0.3, 0.4) is 0 Å². The minimum Gasteiger partial charge on any atom is -0.481 e. The number of carbonyl (C=O) groups is 4. The minimum absolute atomic E-state index is 0.304. The van der Waals surface area contributed by atoms with E-state index < -0.39 is 41.0 Å². The maximum Gasteiger partial charge on any atom is 0.314 e. The van der Waals surface area contributed by atoms with Crippen LogP contribution < -0.4 is 0 Å². The van der Waals surface area contributed by atoms with Gasteiger partial charge in [0.25, 0.3) is 0 Å². The number of hydrogen-bond donors (Lipinski definition) is 2. The highest BCUT2D eigenvalue weighted by atomic mass is 16.4. The first-order chi connectivity index (χ1) is 18.0. The molecule has 0 aromatic carbocycles. The number of Topliss-reactive ketones (excluding diaryl/α,β-unsaturated/α-hetero) is 2. The van der Waals surface area contributed by atoms with Crippen LogP contribution in [0.5, 0.6) is 0 Å². The number of aliphatic carboxylic acids is 2.